The molecule has 2 N–H and O–H groups in total. The number of thiophene rings is 1. The minimum Gasteiger partial charge on any atom is -0.489 e. The summed E-state index contributed by atoms with van der Waals surface area (Å²) in [5.74, 6) is 0.596. The minimum atomic E-state index is -0.577. The Morgan fingerprint density at radius 1 is 1.35 bits per heavy atom. The first-order chi connectivity index (χ1) is 9.66. The highest BCUT2D eigenvalue weighted by atomic mass is 35.5. The van der Waals surface area contributed by atoms with Gasteiger partial charge in [-0.3, -0.25) is 0 Å². The number of ether oxygens (including phenoxy) is 1. The number of rotatable bonds is 7. The summed E-state index contributed by atoms with van der Waals surface area (Å²) in [7, 11) is 0. The molecule has 20 heavy (non-hydrogen) atoms. The molecule has 0 fully saturated rings. The van der Waals surface area contributed by atoms with Crippen molar-refractivity contribution in [3.8, 4) is 5.75 Å². The van der Waals surface area contributed by atoms with Crippen LogP contribution in [0.5, 0.6) is 5.75 Å². The molecule has 5 heteroatoms. The second-order valence-corrected chi connectivity index (χ2v) is 5.77. The Kier molecular flexibility index (Phi) is 5.86. The Morgan fingerprint density at radius 2 is 2.15 bits per heavy atom. The van der Waals surface area contributed by atoms with Gasteiger partial charge in [-0.1, -0.05) is 23.7 Å². The van der Waals surface area contributed by atoms with Crippen molar-refractivity contribution in [1.29, 1.82) is 0 Å². The molecule has 0 saturated carbocycles. The maximum absolute atomic E-state index is 9.92. The quantitative estimate of drug-likeness (QED) is 0.822. The van der Waals surface area contributed by atoms with E-state index < -0.39 is 6.10 Å². The zero-order valence-electron chi connectivity index (χ0n) is 11.3. The Balaban J connectivity index is 1.73. The van der Waals surface area contributed by atoms with Crippen LogP contribution in [0.25, 0.3) is 0 Å². The second kappa shape index (κ2) is 7.64. The third-order valence-corrected chi connectivity index (χ3v) is 3.98. The molecule has 0 amide bonds. The van der Waals surface area contributed by atoms with Gasteiger partial charge in [0, 0.05) is 12.6 Å². The van der Waals surface area contributed by atoms with E-state index in [1.54, 1.807) is 23.5 Å². The Morgan fingerprint density at radius 3 is 2.85 bits per heavy atom. The summed E-state index contributed by atoms with van der Waals surface area (Å²) >= 11 is 7.65. The molecule has 2 aromatic rings. The monoisotopic (exact) mass is 311 g/mol. The molecule has 2 unspecified atom stereocenters. The predicted octanol–water partition coefficient (Wildman–Crippen LogP) is 3.49. The van der Waals surface area contributed by atoms with E-state index in [0.29, 0.717) is 17.3 Å². The van der Waals surface area contributed by atoms with Crippen LogP contribution < -0.4 is 10.1 Å². The average Bonchev–Trinajstić information content (AvgIpc) is 2.98. The number of aliphatic hydroxyl groups excluding tert-OH is 1. The largest absolute Gasteiger partial charge is 0.489 e. The third kappa shape index (κ3) is 4.49. The smallest absolute Gasteiger partial charge is 0.138 e. The van der Waals surface area contributed by atoms with Gasteiger partial charge in [0.15, 0.2) is 0 Å². The molecule has 0 bridgehead atoms. The number of hydrogen-bond acceptors (Lipinski definition) is 4. The molecule has 2 rings (SSSR count). The Hall–Kier alpha value is -1.07. The van der Waals surface area contributed by atoms with Crippen LogP contribution in [0, 0.1) is 0 Å². The topological polar surface area (TPSA) is 41.5 Å². The molecule has 3 nitrogen and oxygen atoms in total. The lowest BCUT2D eigenvalue weighted by molar-refractivity contribution is 0.104. The fourth-order valence-corrected chi connectivity index (χ4v) is 2.70. The molecule has 1 aromatic carbocycles. The second-order valence-electron chi connectivity index (χ2n) is 4.58. The van der Waals surface area contributed by atoms with Gasteiger partial charge in [0.05, 0.1) is 5.02 Å². The van der Waals surface area contributed by atoms with Gasteiger partial charge in [-0.2, -0.15) is 11.3 Å². The number of para-hydroxylation sites is 1. The average molecular weight is 312 g/mol. The molecule has 108 valence electrons. The van der Waals surface area contributed by atoms with Crippen molar-refractivity contribution in [1.82, 2.24) is 5.32 Å². The SMILES string of the molecule is CC(NCC(O)COc1ccccc1Cl)c1ccsc1. The highest BCUT2D eigenvalue weighted by molar-refractivity contribution is 7.07. The standard InChI is InChI=1S/C15H18ClNO2S/c1-11(12-6-7-20-10-12)17-8-13(18)9-19-15-5-3-2-4-14(15)16/h2-7,10-11,13,17-18H,8-9H2,1H3. The molecular formula is C15H18ClNO2S. The summed E-state index contributed by atoms with van der Waals surface area (Å²) in [6.07, 6.45) is -0.577. The van der Waals surface area contributed by atoms with Gasteiger partial charge >= 0.3 is 0 Å². The van der Waals surface area contributed by atoms with E-state index in [9.17, 15) is 5.11 Å². The molecule has 1 aromatic heterocycles. The first-order valence-electron chi connectivity index (χ1n) is 6.47. The third-order valence-electron chi connectivity index (χ3n) is 2.97. The number of benzene rings is 1. The van der Waals surface area contributed by atoms with Crippen LogP contribution in [-0.4, -0.2) is 24.4 Å². The van der Waals surface area contributed by atoms with Crippen molar-refractivity contribution in [2.45, 2.75) is 19.1 Å². The summed E-state index contributed by atoms with van der Waals surface area (Å²) in [5, 5.41) is 17.9. The van der Waals surface area contributed by atoms with Crippen molar-refractivity contribution < 1.29 is 9.84 Å². The summed E-state index contributed by atoms with van der Waals surface area (Å²) in [4.78, 5) is 0. The van der Waals surface area contributed by atoms with Crippen LogP contribution in [0.4, 0.5) is 0 Å². The maximum Gasteiger partial charge on any atom is 0.138 e. The normalized spacial score (nSPS) is 13.9. The fraction of sp³-hybridized carbons (Fsp3) is 0.333. The zero-order valence-corrected chi connectivity index (χ0v) is 12.8. The Labute approximate surface area is 128 Å². The minimum absolute atomic E-state index is 0.215. The fourth-order valence-electron chi connectivity index (χ4n) is 1.76. The van der Waals surface area contributed by atoms with E-state index in [-0.39, 0.29) is 12.6 Å². The van der Waals surface area contributed by atoms with Crippen LogP contribution in [0.3, 0.4) is 0 Å². The van der Waals surface area contributed by atoms with E-state index >= 15 is 0 Å². The zero-order chi connectivity index (χ0) is 14.4. The molecule has 2 atom stereocenters. The number of aliphatic hydroxyl groups is 1. The molecule has 0 aliphatic heterocycles. The lowest BCUT2D eigenvalue weighted by Crippen LogP contribution is -2.32. The maximum atomic E-state index is 9.92. The van der Waals surface area contributed by atoms with Crippen molar-refractivity contribution in [2.24, 2.45) is 0 Å². The summed E-state index contributed by atoms with van der Waals surface area (Å²) in [6, 6.07) is 9.54. The van der Waals surface area contributed by atoms with E-state index in [4.69, 9.17) is 16.3 Å². The van der Waals surface area contributed by atoms with Crippen LogP contribution >= 0.6 is 22.9 Å². The number of nitrogens with one attached hydrogen (secondary N) is 1. The van der Waals surface area contributed by atoms with Crippen LogP contribution in [-0.2, 0) is 0 Å². The number of hydrogen-bond donors (Lipinski definition) is 2. The lowest BCUT2D eigenvalue weighted by Gasteiger charge is -2.17. The van der Waals surface area contributed by atoms with Gasteiger partial charge in [0.1, 0.15) is 18.5 Å². The van der Waals surface area contributed by atoms with E-state index in [2.05, 4.69) is 23.7 Å². The number of halogens is 1. The molecule has 0 spiro atoms. The highest BCUT2D eigenvalue weighted by Gasteiger charge is 2.10. The van der Waals surface area contributed by atoms with E-state index in [0.717, 1.165) is 0 Å². The van der Waals surface area contributed by atoms with Crippen molar-refractivity contribution in [3.05, 3.63) is 51.7 Å². The summed E-state index contributed by atoms with van der Waals surface area (Å²) in [5.41, 5.74) is 1.23. The highest BCUT2D eigenvalue weighted by Crippen LogP contribution is 2.23. The summed E-state index contributed by atoms with van der Waals surface area (Å²) < 4.78 is 5.50. The van der Waals surface area contributed by atoms with E-state index in [1.165, 1.54) is 5.56 Å². The Bertz CT molecular complexity index is 518. The van der Waals surface area contributed by atoms with Crippen LogP contribution in [0.15, 0.2) is 41.1 Å². The van der Waals surface area contributed by atoms with Crippen LogP contribution in [0.2, 0.25) is 5.02 Å². The van der Waals surface area contributed by atoms with Gasteiger partial charge in [0.25, 0.3) is 0 Å². The van der Waals surface area contributed by atoms with Gasteiger partial charge in [0.2, 0.25) is 0 Å². The van der Waals surface area contributed by atoms with E-state index in [1.807, 2.05) is 17.5 Å². The molecule has 0 saturated heterocycles. The summed E-state index contributed by atoms with van der Waals surface area (Å²) in [6.45, 7) is 2.76. The molecule has 0 radical (unpaired) electrons. The van der Waals surface area contributed by atoms with Gasteiger partial charge in [-0.15, -0.1) is 0 Å². The van der Waals surface area contributed by atoms with Gasteiger partial charge in [-0.25, -0.2) is 0 Å². The van der Waals surface area contributed by atoms with Gasteiger partial charge in [-0.05, 0) is 41.4 Å². The predicted molar refractivity (Wildman–Crippen MR) is 83.7 cm³/mol. The molecule has 1 heterocycles. The van der Waals surface area contributed by atoms with Gasteiger partial charge < -0.3 is 15.2 Å². The van der Waals surface area contributed by atoms with Crippen molar-refractivity contribution in [3.63, 3.8) is 0 Å². The van der Waals surface area contributed by atoms with Crippen molar-refractivity contribution >= 4 is 22.9 Å². The molecule has 0 aliphatic carbocycles. The molecule has 0 aliphatic rings. The first kappa shape index (κ1) is 15.3. The van der Waals surface area contributed by atoms with Crippen molar-refractivity contribution in [2.75, 3.05) is 13.2 Å². The lowest BCUT2D eigenvalue weighted by atomic mass is 10.2. The first-order valence-corrected chi connectivity index (χ1v) is 7.79. The molecular weight excluding hydrogens is 294 g/mol. The van der Waals surface area contributed by atoms with Crippen LogP contribution in [0.1, 0.15) is 18.5 Å².